The normalized spacial score (nSPS) is 11.3. The summed E-state index contributed by atoms with van der Waals surface area (Å²) in [6.45, 7) is 0.428. The molecule has 0 saturated carbocycles. The molecular weight excluding hydrogens is 351 g/mol. The predicted octanol–water partition coefficient (Wildman–Crippen LogP) is 2.84. The third-order valence-electron chi connectivity index (χ3n) is 2.54. The van der Waals surface area contributed by atoms with Crippen LogP contribution in [0.5, 0.6) is 5.75 Å². The number of nitrogens with one attached hydrogen (secondary N) is 1. The van der Waals surface area contributed by atoms with Crippen LogP contribution in [0.15, 0.2) is 34.1 Å². The highest BCUT2D eigenvalue weighted by Crippen LogP contribution is 2.30. The van der Waals surface area contributed by atoms with Gasteiger partial charge in [-0.1, -0.05) is 23.1 Å². The first-order valence-corrected chi connectivity index (χ1v) is 8.27. The van der Waals surface area contributed by atoms with Gasteiger partial charge in [0.1, 0.15) is 17.9 Å². The average Bonchev–Trinajstić information content (AvgIpc) is 3.02. The van der Waals surface area contributed by atoms with Crippen LogP contribution in [0.25, 0.3) is 0 Å². The van der Waals surface area contributed by atoms with Gasteiger partial charge in [-0.2, -0.15) is 13.2 Å². The van der Waals surface area contributed by atoms with Gasteiger partial charge in [-0.3, -0.25) is 4.79 Å². The van der Waals surface area contributed by atoms with Gasteiger partial charge < -0.3 is 10.1 Å². The lowest BCUT2D eigenvalue weighted by molar-refractivity contribution is -0.137. The van der Waals surface area contributed by atoms with E-state index in [1.54, 1.807) is 5.51 Å². The van der Waals surface area contributed by atoms with E-state index in [0.717, 1.165) is 12.1 Å². The van der Waals surface area contributed by atoms with Crippen molar-refractivity contribution in [2.45, 2.75) is 10.5 Å². The lowest BCUT2D eigenvalue weighted by Gasteiger charge is -2.09. The fourth-order valence-electron chi connectivity index (χ4n) is 1.50. The highest BCUT2D eigenvalue weighted by Gasteiger charge is 2.29. The monoisotopic (exact) mass is 363 g/mol. The van der Waals surface area contributed by atoms with E-state index in [4.69, 9.17) is 4.74 Å². The number of thioether (sulfide) groups is 1. The molecule has 0 spiro atoms. The van der Waals surface area contributed by atoms with E-state index in [9.17, 15) is 18.0 Å². The third-order valence-corrected chi connectivity index (χ3v) is 4.40. The highest BCUT2D eigenvalue weighted by atomic mass is 32.2. The quantitative estimate of drug-likeness (QED) is 0.605. The number of amides is 1. The Hall–Kier alpha value is -1.81. The fraction of sp³-hybridized carbons (Fsp3) is 0.308. The van der Waals surface area contributed by atoms with Crippen LogP contribution in [-0.4, -0.2) is 35.0 Å². The van der Waals surface area contributed by atoms with Gasteiger partial charge in [-0.15, -0.1) is 10.2 Å². The summed E-state index contributed by atoms with van der Waals surface area (Å²) in [5.74, 6) is 0.354. The number of aromatic nitrogens is 2. The Morgan fingerprint density at radius 3 is 2.65 bits per heavy atom. The molecule has 10 heteroatoms. The Balaban J connectivity index is 1.64. The number of hydrogen-bond acceptors (Lipinski definition) is 6. The van der Waals surface area contributed by atoms with Crippen molar-refractivity contribution >= 4 is 29.0 Å². The number of nitrogens with zero attached hydrogens (tertiary/aromatic N) is 2. The van der Waals surface area contributed by atoms with E-state index in [1.165, 1.54) is 35.2 Å². The molecule has 0 aliphatic rings. The molecule has 0 saturated heterocycles. The van der Waals surface area contributed by atoms with Gasteiger partial charge in [0, 0.05) is 0 Å². The standard InChI is InChI=1S/C13H12F3N3O2S2/c14-13(15,16)9-1-3-10(4-2-9)21-6-5-17-11(20)7-22-12-19-18-8-23-12/h1-4,8H,5-7H2,(H,17,20). The van der Waals surface area contributed by atoms with Gasteiger partial charge >= 0.3 is 6.18 Å². The van der Waals surface area contributed by atoms with Crippen LogP contribution in [0.2, 0.25) is 0 Å². The first-order chi connectivity index (χ1) is 10.9. The van der Waals surface area contributed by atoms with E-state index in [2.05, 4.69) is 15.5 Å². The first kappa shape index (κ1) is 17.5. The number of rotatable bonds is 7. The molecule has 2 aromatic rings. The van der Waals surface area contributed by atoms with Gasteiger partial charge in [0.2, 0.25) is 5.91 Å². The van der Waals surface area contributed by atoms with E-state index in [1.807, 2.05) is 0 Å². The molecule has 1 heterocycles. The number of hydrogen-bond donors (Lipinski definition) is 1. The predicted molar refractivity (Wildman–Crippen MR) is 80.6 cm³/mol. The molecule has 0 radical (unpaired) electrons. The number of benzene rings is 1. The number of ether oxygens (including phenoxy) is 1. The highest BCUT2D eigenvalue weighted by molar-refractivity contribution is 8.01. The summed E-state index contributed by atoms with van der Waals surface area (Å²) in [6.07, 6.45) is -4.36. The molecule has 5 nitrogen and oxygen atoms in total. The molecule has 0 unspecified atom stereocenters. The van der Waals surface area contributed by atoms with Crippen molar-refractivity contribution in [3.05, 3.63) is 35.3 Å². The minimum atomic E-state index is -4.36. The first-order valence-electron chi connectivity index (χ1n) is 6.41. The van der Waals surface area contributed by atoms with E-state index < -0.39 is 11.7 Å². The molecule has 0 bridgehead atoms. The fourth-order valence-corrected chi connectivity index (χ4v) is 2.82. The van der Waals surface area contributed by atoms with Crippen LogP contribution in [0.4, 0.5) is 13.2 Å². The van der Waals surface area contributed by atoms with Crippen molar-refractivity contribution in [3.8, 4) is 5.75 Å². The van der Waals surface area contributed by atoms with Gasteiger partial charge in [-0.25, -0.2) is 0 Å². The molecule has 0 atom stereocenters. The van der Waals surface area contributed by atoms with Crippen LogP contribution in [0.1, 0.15) is 5.56 Å². The Bertz CT molecular complexity index is 618. The average molecular weight is 363 g/mol. The van der Waals surface area contributed by atoms with Crippen LogP contribution in [0, 0.1) is 0 Å². The maximum absolute atomic E-state index is 12.4. The second-order valence-corrected chi connectivity index (χ2v) is 6.27. The molecular formula is C13H12F3N3O2S2. The number of carbonyl (C=O) groups is 1. The summed E-state index contributed by atoms with van der Waals surface area (Å²) in [5.41, 5.74) is 0.852. The second-order valence-electron chi connectivity index (χ2n) is 4.21. The SMILES string of the molecule is O=C(CSc1nncs1)NCCOc1ccc(C(F)(F)F)cc1. The van der Waals surface area contributed by atoms with Crippen molar-refractivity contribution in [1.29, 1.82) is 0 Å². The molecule has 0 aliphatic carbocycles. The van der Waals surface area contributed by atoms with Crippen LogP contribution in [-0.2, 0) is 11.0 Å². The Labute approximate surface area is 138 Å². The van der Waals surface area contributed by atoms with E-state index in [-0.39, 0.29) is 24.8 Å². The number of carbonyl (C=O) groups excluding carboxylic acids is 1. The van der Waals surface area contributed by atoms with Gasteiger partial charge in [0.25, 0.3) is 0 Å². The lowest BCUT2D eigenvalue weighted by Crippen LogP contribution is -2.29. The number of alkyl halides is 3. The molecule has 0 aliphatic heterocycles. The largest absolute Gasteiger partial charge is 0.492 e. The molecule has 1 N–H and O–H groups in total. The molecule has 0 fully saturated rings. The van der Waals surface area contributed by atoms with Crippen molar-refractivity contribution < 1.29 is 22.7 Å². The Morgan fingerprint density at radius 2 is 2.04 bits per heavy atom. The minimum absolute atomic E-state index is 0.167. The van der Waals surface area contributed by atoms with Crippen molar-refractivity contribution in [1.82, 2.24) is 15.5 Å². The van der Waals surface area contributed by atoms with Crippen molar-refractivity contribution in [2.75, 3.05) is 18.9 Å². The van der Waals surface area contributed by atoms with Gasteiger partial charge in [-0.05, 0) is 24.3 Å². The summed E-state index contributed by atoms with van der Waals surface area (Å²) in [7, 11) is 0. The third kappa shape index (κ3) is 6.06. The van der Waals surface area contributed by atoms with Gasteiger partial charge in [0.05, 0.1) is 17.9 Å². The molecule has 1 aromatic carbocycles. The Morgan fingerprint density at radius 1 is 1.30 bits per heavy atom. The maximum Gasteiger partial charge on any atom is 0.416 e. The minimum Gasteiger partial charge on any atom is -0.492 e. The second kappa shape index (κ2) is 8.16. The molecule has 124 valence electrons. The van der Waals surface area contributed by atoms with E-state index in [0.29, 0.717) is 10.1 Å². The maximum atomic E-state index is 12.4. The molecule has 23 heavy (non-hydrogen) atoms. The van der Waals surface area contributed by atoms with Crippen LogP contribution >= 0.6 is 23.1 Å². The van der Waals surface area contributed by atoms with Crippen LogP contribution in [0.3, 0.4) is 0 Å². The molecule has 1 amide bonds. The summed E-state index contributed by atoms with van der Waals surface area (Å²) < 4.78 is 43.1. The van der Waals surface area contributed by atoms with Crippen LogP contribution < -0.4 is 10.1 Å². The van der Waals surface area contributed by atoms with Crippen molar-refractivity contribution in [2.24, 2.45) is 0 Å². The summed E-state index contributed by atoms with van der Waals surface area (Å²) >= 11 is 2.63. The zero-order valence-corrected chi connectivity index (χ0v) is 13.3. The Kier molecular flexibility index (Phi) is 6.22. The lowest BCUT2D eigenvalue weighted by atomic mass is 10.2. The zero-order chi connectivity index (χ0) is 16.7. The summed E-state index contributed by atoms with van der Waals surface area (Å²) in [6, 6.07) is 4.39. The zero-order valence-electron chi connectivity index (χ0n) is 11.7. The number of halogens is 3. The summed E-state index contributed by atoms with van der Waals surface area (Å²) in [4.78, 5) is 11.5. The molecule has 1 aromatic heterocycles. The topological polar surface area (TPSA) is 64.1 Å². The molecule has 2 rings (SSSR count). The van der Waals surface area contributed by atoms with E-state index >= 15 is 0 Å². The smallest absolute Gasteiger partial charge is 0.416 e. The van der Waals surface area contributed by atoms with Gasteiger partial charge in [0.15, 0.2) is 4.34 Å². The van der Waals surface area contributed by atoms with Crippen molar-refractivity contribution in [3.63, 3.8) is 0 Å². The summed E-state index contributed by atoms with van der Waals surface area (Å²) in [5, 5.41) is 10.1.